The first-order valence-electron chi connectivity index (χ1n) is 9.55. The molecule has 0 spiro atoms. The maximum Gasteiger partial charge on any atom is 0.338 e. The summed E-state index contributed by atoms with van der Waals surface area (Å²) in [4.78, 5) is 29.1. The molecule has 1 aromatic heterocycles. The van der Waals surface area contributed by atoms with Crippen molar-refractivity contribution in [3.8, 4) is 5.75 Å². The van der Waals surface area contributed by atoms with Gasteiger partial charge < -0.3 is 9.47 Å². The van der Waals surface area contributed by atoms with E-state index in [1.54, 1.807) is 50.2 Å². The fourth-order valence-corrected chi connectivity index (χ4v) is 3.48. The maximum absolute atomic E-state index is 12.6. The summed E-state index contributed by atoms with van der Waals surface area (Å²) in [5.74, 6) is 0.0155. The molecule has 0 aliphatic heterocycles. The third-order valence-corrected chi connectivity index (χ3v) is 5.13. The number of anilines is 1. The molecule has 1 N–H and O–H groups in total. The summed E-state index contributed by atoms with van der Waals surface area (Å²) in [5, 5.41) is 3.29. The lowest BCUT2D eigenvalue weighted by Crippen LogP contribution is -2.13. The summed E-state index contributed by atoms with van der Waals surface area (Å²) >= 11 is 1.31. The molecule has 0 aliphatic carbocycles. The van der Waals surface area contributed by atoms with Crippen LogP contribution in [0.4, 0.5) is 5.13 Å². The van der Waals surface area contributed by atoms with E-state index in [4.69, 9.17) is 9.47 Å². The van der Waals surface area contributed by atoms with Gasteiger partial charge in [-0.2, -0.15) is 0 Å². The number of ether oxygens (including phenoxy) is 2. The number of hydrogen-bond donors (Lipinski definition) is 1. The number of nitrogens with zero attached hydrogens (tertiary/aromatic N) is 1. The molecule has 1 heterocycles. The minimum atomic E-state index is -0.376. The highest BCUT2D eigenvalue weighted by atomic mass is 32.1. The van der Waals surface area contributed by atoms with E-state index < -0.39 is 0 Å². The summed E-state index contributed by atoms with van der Waals surface area (Å²) in [5.41, 5.74) is 1.66. The van der Waals surface area contributed by atoms with Crippen LogP contribution >= 0.6 is 11.3 Å². The zero-order valence-electron chi connectivity index (χ0n) is 16.9. The van der Waals surface area contributed by atoms with Crippen molar-refractivity contribution in [3.05, 3.63) is 53.6 Å². The summed E-state index contributed by atoms with van der Waals surface area (Å²) in [6, 6.07) is 12.2. The number of aromatic nitrogens is 1. The fourth-order valence-electron chi connectivity index (χ4n) is 2.58. The lowest BCUT2D eigenvalue weighted by molar-refractivity contribution is 0.0378. The number of esters is 1. The Balaban J connectivity index is 1.75. The van der Waals surface area contributed by atoms with Crippen LogP contribution in [-0.4, -0.2) is 29.1 Å². The molecule has 1 amide bonds. The second-order valence-corrected chi connectivity index (χ2v) is 8.00. The van der Waals surface area contributed by atoms with Gasteiger partial charge in [-0.1, -0.05) is 24.3 Å². The van der Waals surface area contributed by atoms with Gasteiger partial charge in [-0.15, -0.1) is 0 Å². The van der Waals surface area contributed by atoms with Crippen LogP contribution in [0.2, 0.25) is 0 Å². The smallest absolute Gasteiger partial charge is 0.338 e. The number of carbonyl (C=O) groups is 2. The molecule has 1 unspecified atom stereocenters. The number of benzene rings is 2. The first-order chi connectivity index (χ1) is 13.9. The molecule has 7 heteroatoms. The van der Waals surface area contributed by atoms with Crippen LogP contribution in [0.1, 0.15) is 54.8 Å². The highest BCUT2D eigenvalue weighted by Crippen LogP contribution is 2.28. The number of nitrogens with one attached hydrogen (secondary N) is 1. The van der Waals surface area contributed by atoms with E-state index in [9.17, 15) is 9.59 Å². The fraction of sp³-hybridized carbons (Fsp3) is 0.318. The summed E-state index contributed by atoms with van der Waals surface area (Å²) in [7, 11) is 0. The van der Waals surface area contributed by atoms with Gasteiger partial charge in [-0.25, -0.2) is 9.78 Å². The number of hydrogen-bond acceptors (Lipinski definition) is 6. The van der Waals surface area contributed by atoms with Crippen molar-refractivity contribution in [2.75, 3.05) is 5.32 Å². The first-order valence-corrected chi connectivity index (χ1v) is 10.4. The SMILES string of the molecule is CCC(C)Oc1cccc(C(=O)Nc2nc3ccc(C(=O)OC(C)C)cc3s2)c1. The lowest BCUT2D eigenvalue weighted by atomic mass is 10.2. The zero-order valence-corrected chi connectivity index (χ0v) is 17.7. The average Bonchev–Trinajstić information content (AvgIpc) is 3.08. The van der Waals surface area contributed by atoms with Gasteiger partial charge in [-0.3, -0.25) is 10.1 Å². The largest absolute Gasteiger partial charge is 0.491 e. The molecule has 152 valence electrons. The number of amides is 1. The highest BCUT2D eigenvalue weighted by molar-refractivity contribution is 7.22. The van der Waals surface area contributed by atoms with Crippen LogP contribution in [-0.2, 0) is 4.74 Å². The van der Waals surface area contributed by atoms with E-state index in [0.29, 0.717) is 27.5 Å². The number of fused-ring (bicyclic) bond motifs is 1. The van der Waals surface area contributed by atoms with E-state index in [1.165, 1.54) is 11.3 Å². The molecule has 0 saturated carbocycles. The molecule has 3 aromatic rings. The predicted octanol–water partition coefficient (Wildman–Crippen LogP) is 5.29. The third-order valence-electron chi connectivity index (χ3n) is 4.20. The minimum absolute atomic E-state index is 0.0779. The Bertz CT molecular complexity index is 1030. The molecular weight excluding hydrogens is 388 g/mol. The van der Waals surface area contributed by atoms with E-state index in [0.717, 1.165) is 11.1 Å². The third kappa shape index (κ3) is 5.32. The van der Waals surface area contributed by atoms with Gasteiger partial charge in [0.15, 0.2) is 5.13 Å². The zero-order chi connectivity index (χ0) is 21.0. The van der Waals surface area contributed by atoms with Crippen molar-refractivity contribution in [1.82, 2.24) is 4.98 Å². The van der Waals surface area contributed by atoms with Crippen LogP contribution in [0, 0.1) is 0 Å². The Labute approximate surface area is 173 Å². The van der Waals surface area contributed by atoms with Crippen LogP contribution in [0.5, 0.6) is 5.75 Å². The Morgan fingerprint density at radius 1 is 1.10 bits per heavy atom. The van der Waals surface area contributed by atoms with E-state index in [-0.39, 0.29) is 24.1 Å². The van der Waals surface area contributed by atoms with Gasteiger partial charge in [0, 0.05) is 5.56 Å². The van der Waals surface area contributed by atoms with Crippen LogP contribution in [0.15, 0.2) is 42.5 Å². The van der Waals surface area contributed by atoms with Crippen LogP contribution < -0.4 is 10.1 Å². The topological polar surface area (TPSA) is 77.5 Å². The van der Waals surface area contributed by atoms with Gasteiger partial charge >= 0.3 is 5.97 Å². The van der Waals surface area contributed by atoms with Gasteiger partial charge in [0.1, 0.15) is 5.75 Å². The quantitative estimate of drug-likeness (QED) is 0.534. The van der Waals surface area contributed by atoms with Gasteiger partial charge in [0.05, 0.1) is 28.0 Å². The van der Waals surface area contributed by atoms with Crippen LogP contribution in [0.25, 0.3) is 10.2 Å². The molecular formula is C22H24N2O4S. The van der Waals surface area contributed by atoms with E-state index in [2.05, 4.69) is 10.3 Å². The molecule has 2 aromatic carbocycles. The minimum Gasteiger partial charge on any atom is -0.491 e. The molecule has 0 fully saturated rings. The number of rotatable bonds is 7. The van der Waals surface area contributed by atoms with Crippen molar-refractivity contribution < 1.29 is 19.1 Å². The Morgan fingerprint density at radius 2 is 1.90 bits per heavy atom. The lowest BCUT2D eigenvalue weighted by Gasteiger charge is -2.13. The van der Waals surface area contributed by atoms with Crippen molar-refractivity contribution >= 4 is 38.6 Å². The number of carbonyl (C=O) groups excluding carboxylic acids is 2. The molecule has 1 atom stereocenters. The molecule has 0 radical (unpaired) electrons. The molecule has 0 saturated heterocycles. The van der Waals surface area contributed by atoms with Gasteiger partial charge in [0.2, 0.25) is 0 Å². The summed E-state index contributed by atoms with van der Waals surface area (Å²) in [6.45, 7) is 7.64. The molecule has 29 heavy (non-hydrogen) atoms. The van der Waals surface area contributed by atoms with E-state index in [1.807, 2.05) is 19.9 Å². The Kier molecular flexibility index (Phi) is 6.49. The van der Waals surface area contributed by atoms with Crippen molar-refractivity contribution in [2.45, 2.75) is 46.3 Å². The second-order valence-electron chi connectivity index (χ2n) is 6.97. The van der Waals surface area contributed by atoms with Gasteiger partial charge in [0.25, 0.3) is 5.91 Å². The van der Waals surface area contributed by atoms with Crippen molar-refractivity contribution in [1.29, 1.82) is 0 Å². The first kappa shape index (κ1) is 20.8. The highest BCUT2D eigenvalue weighted by Gasteiger charge is 2.14. The Hall–Kier alpha value is -2.93. The van der Waals surface area contributed by atoms with Crippen molar-refractivity contribution in [3.63, 3.8) is 0 Å². The summed E-state index contributed by atoms with van der Waals surface area (Å²) in [6.07, 6.45) is 0.776. The van der Waals surface area contributed by atoms with E-state index >= 15 is 0 Å². The monoisotopic (exact) mass is 412 g/mol. The standard InChI is InChI=1S/C22H24N2O4S/c1-5-14(4)28-17-8-6-7-15(11-17)20(25)24-22-23-18-10-9-16(12-19(18)29-22)21(26)27-13(2)3/h6-14H,5H2,1-4H3,(H,23,24,25). The average molecular weight is 413 g/mol. The van der Waals surface area contributed by atoms with Gasteiger partial charge in [-0.05, 0) is 63.6 Å². The molecule has 6 nitrogen and oxygen atoms in total. The normalized spacial score (nSPS) is 12.0. The number of thiazole rings is 1. The maximum atomic E-state index is 12.6. The van der Waals surface area contributed by atoms with Crippen LogP contribution in [0.3, 0.4) is 0 Å². The Morgan fingerprint density at radius 3 is 2.62 bits per heavy atom. The molecule has 3 rings (SSSR count). The predicted molar refractivity (Wildman–Crippen MR) is 115 cm³/mol. The summed E-state index contributed by atoms with van der Waals surface area (Å²) < 4.78 is 11.8. The molecule has 0 aliphatic rings. The van der Waals surface area contributed by atoms with Crippen molar-refractivity contribution in [2.24, 2.45) is 0 Å². The molecule has 0 bridgehead atoms. The second kappa shape index (κ2) is 9.05.